The molecule has 11 heteroatoms. The Balaban J connectivity index is 1.22. The molecule has 0 aliphatic rings. The molecular weight excluding hydrogens is 575 g/mol. The number of nitro groups is 1. The van der Waals surface area contributed by atoms with E-state index in [9.17, 15) is 14.9 Å². The van der Waals surface area contributed by atoms with Gasteiger partial charge in [0.1, 0.15) is 5.03 Å². The molecule has 1 N–H and O–H groups in total. The van der Waals surface area contributed by atoms with Crippen molar-refractivity contribution in [3.05, 3.63) is 106 Å². The third kappa shape index (κ3) is 7.57. The largest absolute Gasteiger partial charge is 0.325 e. The van der Waals surface area contributed by atoms with Crippen molar-refractivity contribution in [3.8, 4) is 0 Å². The van der Waals surface area contributed by atoms with Gasteiger partial charge in [-0.1, -0.05) is 61.6 Å². The highest BCUT2D eigenvalue weighted by Crippen LogP contribution is 2.35. The minimum Gasteiger partial charge on any atom is -0.325 e. The first-order chi connectivity index (χ1) is 19.8. The number of thiazole rings is 1. The van der Waals surface area contributed by atoms with Crippen LogP contribution in [0.5, 0.6) is 0 Å². The van der Waals surface area contributed by atoms with Crippen molar-refractivity contribution in [1.29, 1.82) is 0 Å². The zero-order valence-corrected chi connectivity index (χ0v) is 24.6. The molecule has 0 unspecified atom stereocenters. The van der Waals surface area contributed by atoms with E-state index in [2.05, 4.69) is 34.1 Å². The summed E-state index contributed by atoms with van der Waals surface area (Å²) in [7, 11) is 0. The molecule has 41 heavy (non-hydrogen) atoms. The van der Waals surface area contributed by atoms with Gasteiger partial charge in [0.05, 0.1) is 31.5 Å². The van der Waals surface area contributed by atoms with Gasteiger partial charge in [-0.2, -0.15) is 0 Å². The number of hydrogen-bond acceptors (Lipinski definition) is 9. The van der Waals surface area contributed by atoms with Gasteiger partial charge in [-0.3, -0.25) is 19.9 Å². The van der Waals surface area contributed by atoms with Gasteiger partial charge >= 0.3 is 0 Å². The van der Waals surface area contributed by atoms with Crippen molar-refractivity contribution in [3.63, 3.8) is 0 Å². The summed E-state index contributed by atoms with van der Waals surface area (Å²) in [5.74, 6) is 0.607. The van der Waals surface area contributed by atoms with Crippen molar-refractivity contribution in [2.45, 2.75) is 34.0 Å². The molecule has 2 heterocycles. The summed E-state index contributed by atoms with van der Waals surface area (Å²) >= 11 is 4.13. The van der Waals surface area contributed by atoms with E-state index in [4.69, 9.17) is 0 Å². The van der Waals surface area contributed by atoms with Crippen LogP contribution in [-0.2, 0) is 4.79 Å². The van der Waals surface area contributed by atoms with Crippen LogP contribution in [0.3, 0.4) is 0 Å². The highest BCUT2D eigenvalue weighted by atomic mass is 32.2. The number of fused-ring (bicyclic) bond motifs is 1. The average molecular weight is 600 g/mol. The minimum absolute atomic E-state index is 0.000730. The molecule has 1 amide bonds. The second-order valence-corrected chi connectivity index (χ2v) is 12.6. The van der Waals surface area contributed by atoms with Crippen molar-refractivity contribution < 1.29 is 9.72 Å². The van der Waals surface area contributed by atoms with Crippen LogP contribution in [0.4, 0.5) is 17.1 Å². The monoisotopic (exact) mass is 599 g/mol. The summed E-state index contributed by atoms with van der Waals surface area (Å²) in [5, 5.41) is 15.3. The standard InChI is InChI=1S/C30H25N5O3S3/c1-19(2)21-7-9-22(10-8-21)33-28(36)18-39-30-34-24-12-11-23(16-27(24)41-30)32-17-20-6-13-26(25(15-20)35(37)38)40-29-5-3-4-14-31-29/h3-17,19H,18H2,1-2H3,(H,33,36). The first kappa shape index (κ1) is 28.5. The number of carbonyl (C=O) groups is 1. The van der Waals surface area contributed by atoms with Crippen LogP contribution in [0.15, 0.2) is 104 Å². The summed E-state index contributed by atoms with van der Waals surface area (Å²) in [6.07, 6.45) is 3.26. The molecule has 2 aromatic heterocycles. The zero-order valence-electron chi connectivity index (χ0n) is 22.2. The predicted molar refractivity (Wildman–Crippen MR) is 168 cm³/mol. The zero-order chi connectivity index (χ0) is 28.8. The van der Waals surface area contributed by atoms with Crippen LogP contribution < -0.4 is 5.32 Å². The number of aliphatic imine (C=N–C) groups is 1. The van der Waals surface area contributed by atoms with Crippen LogP contribution in [0.25, 0.3) is 10.2 Å². The lowest BCUT2D eigenvalue weighted by molar-refractivity contribution is -0.387. The maximum absolute atomic E-state index is 12.5. The maximum Gasteiger partial charge on any atom is 0.283 e. The van der Waals surface area contributed by atoms with Crippen molar-refractivity contribution in [2.75, 3.05) is 11.1 Å². The number of aromatic nitrogens is 2. The van der Waals surface area contributed by atoms with E-state index in [0.29, 0.717) is 27.1 Å². The molecular formula is C30H25N5O3S3. The molecule has 0 aliphatic carbocycles. The Hall–Kier alpha value is -4.06. The van der Waals surface area contributed by atoms with E-state index in [1.807, 2.05) is 54.6 Å². The highest BCUT2D eigenvalue weighted by molar-refractivity contribution is 8.01. The van der Waals surface area contributed by atoms with Gasteiger partial charge in [-0.25, -0.2) is 9.97 Å². The molecule has 5 rings (SSSR count). The van der Waals surface area contributed by atoms with Gasteiger partial charge in [-0.15, -0.1) is 11.3 Å². The number of pyridine rings is 1. The SMILES string of the molecule is CC(C)c1ccc(NC(=O)CSc2nc3ccc(N=Cc4ccc(Sc5ccccn5)c([N+](=O)[O-])c4)cc3s2)cc1. The lowest BCUT2D eigenvalue weighted by atomic mass is 10.0. The molecule has 8 nitrogen and oxygen atoms in total. The number of thioether (sulfide) groups is 1. The average Bonchev–Trinajstić information content (AvgIpc) is 3.38. The van der Waals surface area contributed by atoms with E-state index in [1.54, 1.807) is 30.6 Å². The van der Waals surface area contributed by atoms with Crippen molar-refractivity contribution >= 4 is 74.3 Å². The van der Waals surface area contributed by atoms with Crippen LogP contribution in [0.2, 0.25) is 0 Å². The fraction of sp³-hybridized carbons (Fsp3) is 0.133. The van der Waals surface area contributed by atoms with Crippen LogP contribution in [-0.4, -0.2) is 32.8 Å². The van der Waals surface area contributed by atoms with Gasteiger partial charge in [0.25, 0.3) is 5.69 Å². The van der Waals surface area contributed by atoms with Gasteiger partial charge < -0.3 is 5.32 Å². The summed E-state index contributed by atoms with van der Waals surface area (Å²) in [6.45, 7) is 4.27. The highest BCUT2D eigenvalue weighted by Gasteiger charge is 2.16. The molecule has 0 saturated carbocycles. The number of hydrogen-bond donors (Lipinski definition) is 1. The fourth-order valence-corrected chi connectivity index (χ4v) is 6.58. The summed E-state index contributed by atoms with van der Waals surface area (Å²) in [4.78, 5) is 37.7. The summed E-state index contributed by atoms with van der Waals surface area (Å²) in [6, 6.07) is 24.0. The Labute approximate surface area is 249 Å². The number of rotatable bonds is 10. The molecule has 0 spiro atoms. The number of nitro benzene ring substituents is 1. The van der Waals surface area contributed by atoms with E-state index < -0.39 is 4.92 Å². The first-order valence-electron chi connectivity index (χ1n) is 12.7. The van der Waals surface area contributed by atoms with E-state index >= 15 is 0 Å². The lowest BCUT2D eigenvalue weighted by Gasteiger charge is -2.08. The summed E-state index contributed by atoms with van der Waals surface area (Å²) in [5.41, 5.74) is 4.15. The topological polar surface area (TPSA) is 110 Å². The van der Waals surface area contributed by atoms with Crippen molar-refractivity contribution in [2.24, 2.45) is 4.99 Å². The van der Waals surface area contributed by atoms with Crippen LogP contribution in [0, 0.1) is 10.1 Å². The first-order valence-corrected chi connectivity index (χ1v) is 15.3. The molecule has 3 aromatic carbocycles. The quantitative estimate of drug-likeness (QED) is 0.0743. The second-order valence-electron chi connectivity index (χ2n) is 9.26. The number of benzene rings is 3. The molecule has 0 atom stereocenters. The molecule has 0 bridgehead atoms. The Morgan fingerprint density at radius 1 is 1.10 bits per heavy atom. The third-order valence-electron chi connectivity index (χ3n) is 5.93. The number of anilines is 1. The van der Waals surface area contributed by atoms with E-state index in [1.165, 1.54) is 46.5 Å². The maximum atomic E-state index is 12.5. The second kappa shape index (κ2) is 13.1. The number of carbonyl (C=O) groups excluding carboxylic acids is 1. The number of nitrogens with zero attached hydrogens (tertiary/aromatic N) is 4. The van der Waals surface area contributed by atoms with Crippen molar-refractivity contribution in [1.82, 2.24) is 9.97 Å². The molecule has 0 aliphatic heterocycles. The smallest absolute Gasteiger partial charge is 0.283 e. The number of amides is 1. The normalized spacial score (nSPS) is 11.4. The third-order valence-corrected chi connectivity index (χ3v) is 9.11. The fourth-order valence-electron chi connectivity index (χ4n) is 3.82. The van der Waals surface area contributed by atoms with Gasteiger partial charge in [0.15, 0.2) is 4.34 Å². The lowest BCUT2D eigenvalue weighted by Crippen LogP contribution is -2.13. The Morgan fingerprint density at radius 3 is 2.66 bits per heavy atom. The van der Waals surface area contributed by atoms with E-state index in [0.717, 1.165) is 20.2 Å². The molecule has 0 radical (unpaired) electrons. The Morgan fingerprint density at radius 2 is 1.93 bits per heavy atom. The van der Waals surface area contributed by atoms with Crippen LogP contribution in [0.1, 0.15) is 30.9 Å². The molecule has 5 aromatic rings. The summed E-state index contributed by atoms with van der Waals surface area (Å²) < 4.78 is 1.74. The molecule has 0 fully saturated rings. The minimum atomic E-state index is -0.395. The van der Waals surface area contributed by atoms with E-state index in [-0.39, 0.29) is 17.3 Å². The molecule has 0 saturated heterocycles. The number of nitrogens with one attached hydrogen (secondary N) is 1. The van der Waals surface area contributed by atoms with Gasteiger partial charge in [0, 0.05) is 24.2 Å². The Bertz CT molecular complexity index is 1720. The predicted octanol–water partition coefficient (Wildman–Crippen LogP) is 8.36. The van der Waals surface area contributed by atoms with Crippen LogP contribution >= 0.6 is 34.9 Å². The Kier molecular flexibility index (Phi) is 9.07. The van der Waals surface area contributed by atoms with Gasteiger partial charge in [-0.05, 0) is 65.6 Å². The molecule has 206 valence electrons. The van der Waals surface area contributed by atoms with Gasteiger partial charge in [0.2, 0.25) is 5.91 Å².